The number of hydrogen-bond acceptors (Lipinski definition) is 4. The first-order valence-electron chi connectivity index (χ1n) is 8.20. The average Bonchev–Trinajstić information content (AvgIpc) is 2.61. The van der Waals surface area contributed by atoms with Crippen LogP contribution in [0.1, 0.15) is 30.6 Å². The predicted molar refractivity (Wildman–Crippen MR) is 95.5 cm³/mol. The van der Waals surface area contributed by atoms with E-state index in [1.807, 2.05) is 13.8 Å². The summed E-state index contributed by atoms with van der Waals surface area (Å²) in [5.74, 6) is 0.944. The molecule has 1 aromatic carbocycles. The maximum Gasteiger partial charge on any atom is 0.252 e. The SMILES string of the molecule is CNC(=O)C(CC(C)C)NC(=O)c1cccc(Oc2ccncc2)c1. The lowest BCUT2D eigenvalue weighted by atomic mass is 10.0. The van der Waals surface area contributed by atoms with E-state index in [4.69, 9.17) is 4.74 Å². The molecular weight excluding hydrogens is 318 g/mol. The molecule has 0 aliphatic carbocycles. The summed E-state index contributed by atoms with van der Waals surface area (Å²) in [4.78, 5) is 28.4. The van der Waals surface area contributed by atoms with Crippen molar-refractivity contribution in [1.29, 1.82) is 0 Å². The van der Waals surface area contributed by atoms with Crippen molar-refractivity contribution >= 4 is 11.8 Å². The molecule has 0 spiro atoms. The van der Waals surface area contributed by atoms with Crippen molar-refractivity contribution < 1.29 is 14.3 Å². The number of aromatic nitrogens is 1. The number of rotatable bonds is 7. The molecule has 25 heavy (non-hydrogen) atoms. The molecule has 0 radical (unpaired) electrons. The molecule has 2 N–H and O–H groups in total. The number of carbonyl (C=O) groups excluding carboxylic acids is 2. The average molecular weight is 341 g/mol. The number of ether oxygens (including phenoxy) is 1. The van der Waals surface area contributed by atoms with Crippen LogP contribution < -0.4 is 15.4 Å². The molecule has 0 aliphatic heterocycles. The van der Waals surface area contributed by atoms with Crippen LogP contribution in [0.4, 0.5) is 0 Å². The Morgan fingerprint density at radius 2 is 1.84 bits per heavy atom. The second-order valence-electron chi connectivity index (χ2n) is 6.08. The molecule has 2 rings (SSSR count). The van der Waals surface area contributed by atoms with E-state index in [1.165, 1.54) is 0 Å². The van der Waals surface area contributed by atoms with Crippen LogP contribution in [0.15, 0.2) is 48.8 Å². The number of amides is 2. The van der Waals surface area contributed by atoms with E-state index in [9.17, 15) is 9.59 Å². The maximum absolute atomic E-state index is 12.5. The van der Waals surface area contributed by atoms with Gasteiger partial charge in [-0.25, -0.2) is 0 Å². The van der Waals surface area contributed by atoms with Crippen LogP contribution in [0.25, 0.3) is 0 Å². The largest absolute Gasteiger partial charge is 0.457 e. The van der Waals surface area contributed by atoms with Gasteiger partial charge in [0, 0.05) is 25.0 Å². The zero-order valence-corrected chi connectivity index (χ0v) is 14.7. The van der Waals surface area contributed by atoms with Crippen molar-refractivity contribution in [2.24, 2.45) is 5.92 Å². The first-order chi connectivity index (χ1) is 12.0. The summed E-state index contributed by atoms with van der Waals surface area (Å²) in [6.45, 7) is 4.01. The summed E-state index contributed by atoms with van der Waals surface area (Å²) in [6, 6.07) is 9.73. The molecule has 1 aromatic heterocycles. The normalized spacial score (nSPS) is 11.7. The molecule has 0 aliphatic rings. The molecule has 0 saturated carbocycles. The first kappa shape index (κ1) is 18.4. The number of carbonyl (C=O) groups is 2. The smallest absolute Gasteiger partial charge is 0.252 e. The van der Waals surface area contributed by atoms with Gasteiger partial charge >= 0.3 is 0 Å². The maximum atomic E-state index is 12.5. The lowest BCUT2D eigenvalue weighted by molar-refractivity contribution is -0.122. The molecule has 2 amide bonds. The molecular formula is C19H23N3O3. The van der Waals surface area contributed by atoms with Crippen molar-refractivity contribution in [2.45, 2.75) is 26.3 Å². The molecule has 1 unspecified atom stereocenters. The highest BCUT2D eigenvalue weighted by Crippen LogP contribution is 2.21. The Bertz CT molecular complexity index is 717. The van der Waals surface area contributed by atoms with Gasteiger partial charge in [0.2, 0.25) is 5.91 Å². The van der Waals surface area contributed by atoms with Crippen LogP contribution in [0.2, 0.25) is 0 Å². The zero-order chi connectivity index (χ0) is 18.2. The van der Waals surface area contributed by atoms with Gasteiger partial charge in [-0.1, -0.05) is 19.9 Å². The number of benzene rings is 1. The van der Waals surface area contributed by atoms with Gasteiger partial charge in [0.1, 0.15) is 17.5 Å². The van der Waals surface area contributed by atoms with Gasteiger partial charge in [0.15, 0.2) is 0 Å². The third kappa shape index (κ3) is 5.60. The van der Waals surface area contributed by atoms with Gasteiger partial charge in [-0.3, -0.25) is 14.6 Å². The Morgan fingerprint density at radius 1 is 1.12 bits per heavy atom. The minimum absolute atomic E-state index is 0.203. The lowest BCUT2D eigenvalue weighted by Gasteiger charge is -2.19. The van der Waals surface area contributed by atoms with Crippen LogP contribution >= 0.6 is 0 Å². The van der Waals surface area contributed by atoms with E-state index in [0.29, 0.717) is 23.5 Å². The summed E-state index contributed by atoms with van der Waals surface area (Å²) in [6.07, 6.45) is 3.83. The Labute approximate surface area is 147 Å². The standard InChI is InChI=1S/C19H23N3O3/c1-13(2)11-17(19(24)20-3)22-18(23)14-5-4-6-16(12-14)25-15-7-9-21-10-8-15/h4-10,12-13,17H,11H2,1-3H3,(H,20,24)(H,22,23). The van der Waals surface area contributed by atoms with Crippen LogP contribution in [0, 0.1) is 5.92 Å². The number of hydrogen-bond donors (Lipinski definition) is 2. The second kappa shape index (κ2) is 8.82. The van der Waals surface area contributed by atoms with Gasteiger partial charge in [0.05, 0.1) is 0 Å². The Morgan fingerprint density at radius 3 is 2.48 bits per heavy atom. The lowest BCUT2D eigenvalue weighted by Crippen LogP contribution is -2.46. The Hall–Kier alpha value is -2.89. The zero-order valence-electron chi connectivity index (χ0n) is 14.7. The van der Waals surface area contributed by atoms with Crippen LogP contribution in [0.5, 0.6) is 11.5 Å². The highest BCUT2D eigenvalue weighted by Gasteiger charge is 2.21. The highest BCUT2D eigenvalue weighted by molar-refractivity contribution is 5.97. The highest BCUT2D eigenvalue weighted by atomic mass is 16.5. The van der Waals surface area contributed by atoms with Crippen molar-refractivity contribution in [3.63, 3.8) is 0 Å². The Balaban J connectivity index is 2.10. The number of likely N-dealkylation sites (N-methyl/N-ethyl adjacent to an activating group) is 1. The summed E-state index contributed by atoms with van der Waals surface area (Å²) in [7, 11) is 1.56. The predicted octanol–water partition coefficient (Wildman–Crippen LogP) is 2.76. The van der Waals surface area contributed by atoms with E-state index in [2.05, 4.69) is 15.6 Å². The van der Waals surface area contributed by atoms with E-state index in [-0.39, 0.29) is 17.7 Å². The van der Waals surface area contributed by atoms with Gasteiger partial charge in [-0.05, 0) is 42.7 Å². The van der Waals surface area contributed by atoms with Gasteiger partial charge in [-0.2, -0.15) is 0 Å². The minimum atomic E-state index is -0.567. The summed E-state index contributed by atoms with van der Waals surface area (Å²) < 4.78 is 5.71. The third-order valence-corrected chi connectivity index (χ3v) is 3.56. The topological polar surface area (TPSA) is 80.3 Å². The fourth-order valence-corrected chi connectivity index (χ4v) is 2.36. The molecule has 0 saturated heterocycles. The summed E-state index contributed by atoms with van der Waals surface area (Å²) in [5.41, 5.74) is 0.434. The number of pyridine rings is 1. The van der Waals surface area contributed by atoms with Crippen molar-refractivity contribution in [3.05, 3.63) is 54.4 Å². The van der Waals surface area contributed by atoms with Crippen molar-refractivity contribution in [3.8, 4) is 11.5 Å². The van der Waals surface area contributed by atoms with Crippen LogP contribution in [0.3, 0.4) is 0 Å². The molecule has 6 nitrogen and oxygen atoms in total. The van der Waals surface area contributed by atoms with Gasteiger partial charge in [0.25, 0.3) is 5.91 Å². The van der Waals surface area contributed by atoms with E-state index in [1.54, 1.807) is 55.8 Å². The van der Waals surface area contributed by atoms with Gasteiger partial charge in [-0.15, -0.1) is 0 Å². The van der Waals surface area contributed by atoms with Gasteiger partial charge < -0.3 is 15.4 Å². The molecule has 6 heteroatoms. The molecule has 2 aromatic rings. The van der Waals surface area contributed by atoms with E-state index >= 15 is 0 Å². The summed E-state index contributed by atoms with van der Waals surface area (Å²) in [5, 5.41) is 5.38. The first-order valence-corrected chi connectivity index (χ1v) is 8.20. The summed E-state index contributed by atoms with van der Waals surface area (Å²) >= 11 is 0. The monoisotopic (exact) mass is 341 g/mol. The molecule has 132 valence electrons. The second-order valence-corrected chi connectivity index (χ2v) is 6.08. The van der Waals surface area contributed by atoms with Crippen LogP contribution in [-0.2, 0) is 4.79 Å². The third-order valence-electron chi connectivity index (χ3n) is 3.56. The van der Waals surface area contributed by atoms with Crippen molar-refractivity contribution in [1.82, 2.24) is 15.6 Å². The van der Waals surface area contributed by atoms with Crippen LogP contribution in [-0.4, -0.2) is 29.9 Å². The Kier molecular flexibility index (Phi) is 6.51. The molecule has 0 fully saturated rings. The fourth-order valence-electron chi connectivity index (χ4n) is 2.36. The minimum Gasteiger partial charge on any atom is -0.457 e. The fraction of sp³-hybridized carbons (Fsp3) is 0.316. The molecule has 1 heterocycles. The quantitative estimate of drug-likeness (QED) is 0.811. The molecule has 0 bridgehead atoms. The van der Waals surface area contributed by atoms with E-state index < -0.39 is 6.04 Å². The van der Waals surface area contributed by atoms with E-state index in [0.717, 1.165) is 0 Å². The molecule has 1 atom stereocenters. The van der Waals surface area contributed by atoms with Crippen molar-refractivity contribution in [2.75, 3.05) is 7.05 Å². The number of nitrogens with one attached hydrogen (secondary N) is 2. The number of nitrogens with zero attached hydrogens (tertiary/aromatic N) is 1.